The summed E-state index contributed by atoms with van der Waals surface area (Å²) in [5, 5.41) is 17.5. The van der Waals surface area contributed by atoms with Gasteiger partial charge >= 0.3 is 0 Å². The largest absolute Gasteiger partial charge is 0.361 e. The molecule has 0 bridgehead atoms. The molecule has 0 amide bonds. The molecule has 20 heavy (non-hydrogen) atoms. The molecule has 0 fully saturated rings. The summed E-state index contributed by atoms with van der Waals surface area (Å²) in [6.45, 7) is 1.80. The van der Waals surface area contributed by atoms with E-state index in [1.165, 1.54) is 4.52 Å². The van der Waals surface area contributed by atoms with Crippen molar-refractivity contribution >= 4 is 28.2 Å². The molecule has 0 saturated carbocycles. The van der Waals surface area contributed by atoms with Gasteiger partial charge in [0.15, 0.2) is 10.8 Å². The Morgan fingerprint density at radius 2 is 2.20 bits per heavy atom. The van der Waals surface area contributed by atoms with Gasteiger partial charge in [0, 0.05) is 17.6 Å². The maximum Gasteiger partial charge on any atom is 0.207 e. The van der Waals surface area contributed by atoms with Crippen LogP contribution < -0.4 is 0 Å². The number of hydrogen-bond acceptors (Lipinski definition) is 6. The molecule has 0 aromatic carbocycles. The van der Waals surface area contributed by atoms with Gasteiger partial charge in [0.05, 0.1) is 0 Å². The average Bonchev–Trinajstić information content (AvgIpc) is 3.05. The lowest BCUT2D eigenvalue weighted by atomic mass is 10.3. The number of nitrogens with zero attached hydrogens (tertiary/aromatic N) is 6. The Balaban J connectivity index is 2.11. The number of pyridine rings is 1. The minimum absolute atomic E-state index is 0.335. The smallest absolute Gasteiger partial charge is 0.207 e. The zero-order valence-electron chi connectivity index (χ0n) is 10.3. The maximum atomic E-state index is 6.19. The average molecular weight is 287 g/mol. The first-order chi connectivity index (χ1) is 9.74. The predicted molar refractivity (Wildman–Crippen MR) is 71.3 cm³/mol. The molecule has 0 saturated heterocycles. The van der Waals surface area contributed by atoms with Gasteiger partial charge in [-0.25, -0.2) is 0 Å². The second-order valence-electron chi connectivity index (χ2n) is 4.27. The van der Waals surface area contributed by atoms with Crippen LogP contribution in [0.2, 0.25) is 5.15 Å². The predicted octanol–water partition coefficient (Wildman–Crippen LogP) is 2.29. The zero-order valence-corrected chi connectivity index (χ0v) is 11.0. The SMILES string of the molecule is Cc1cc(-c2nnc3c4ncccc4c(Cl)nn23)no1. The van der Waals surface area contributed by atoms with Crippen molar-refractivity contribution < 1.29 is 4.52 Å². The van der Waals surface area contributed by atoms with E-state index in [4.69, 9.17) is 16.1 Å². The lowest BCUT2D eigenvalue weighted by molar-refractivity contribution is 0.399. The number of aromatic nitrogens is 6. The number of fused-ring (bicyclic) bond motifs is 3. The van der Waals surface area contributed by atoms with Gasteiger partial charge in [-0.2, -0.15) is 9.61 Å². The highest BCUT2D eigenvalue weighted by Crippen LogP contribution is 2.25. The van der Waals surface area contributed by atoms with Gasteiger partial charge in [0.1, 0.15) is 11.3 Å². The van der Waals surface area contributed by atoms with Crippen LogP contribution in [0, 0.1) is 6.92 Å². The van der Waals surface area contributed by atoms with Crippen LogP contribution in [0.5, 0.6) is 0 Å². The third-order valence-corrected chi connectivity index (χ3v) is 3.21. The van der Waals surface area contributed by atoms with E-state index < -0.39 is 0 Å². The van der Waals surface area contributed by atoms with E-state index in [-0.39, 0.29) is 0 Å². The molecular weight excluding hydrogens is 280 g/mol. The highest BCUT2D eigenvalue weighted by molar-refractivity contribution is 6.34. The quantitative estimate of drug-likeness (QED) is 0.534. The van der Waals surface area contributed by atoms with Crippen LogP contribution in [0.25, 0.3) is 28.1 Å². The van der Waals surface area contributed by atoms with Crippen molar-refractivity contribution in [2.75, 3.05) is 0 Å². The molecule has 98 valence electrons. The molecule has 8 heteroatoms. The first-order valence-electron chi connectivity index (χ1n) is 5.83. The fraction of sp³-hybridized carbons (Fsp3) is 0.0833. The molecule has 0 N–H and O–H groups in total. The Kier molecular flexibility index (Phi) is 2.25. The number of aryl methyl sites for hydroxylation is 1. The van der Waals surface area contributed by atoms with Crippen LogP contribution in [-0.2, 0) is 0 Å². The lowest BCUT2D eigenvalue weighted by Crippen LogP contribution is -1.98. The van der Waals surface area contributed by atoms with E-state index in [1.807, 2.05) is 6.07 Å². The summed E-state index contributed by atoms with van der Waals surface area (Å²) in [5.74, 6) is 1.15. The first-order valence-corrected chi connectivity index (χ1v) is 6.21. The van der Waals surface area contributed by atoms with E-state index in [2.05, 4.69) is 25.4 Å². The first kappa shape index (κ1) is 11.3. The van der Waals surface area contributed by atoms with Crippen LogP contribution in [-0.4, -0.2) is 30.0 Å². The Morgan fingerprint density at radius 1 is 1.30 bits per heavy atom. The van der Waals surface area contributed by atoms with Gasteiger partial charge in [0.2, 0.25) is 11.5 Å². The van der Waals surface area contributed by atoms with Crippen molar-refractivity contribution in [1.82, 2.24) is 30.0 Å². The second-order valence-corrected chi connectivity index (χ2v) is 4.63. The summed E-state index contributed by atoms with van der Waals surface area (Å²) in [7, 11) is 0. The van der Waals surface area contributed by atoms with Crippen LogP contribution in [0.15, 0.2) is 28.9 Å². The highest BCUT2D eigenvalue weighted by atomic mass is 35.5. The zero-order chi connectivity index (χ0) is 13.7. The van der Waals surface area contributed by atoms with Crippen molar-refractivity contribution in [3.05, 3.63) is 35.3 Å². The van der Waals surface area contributed by atoms with Crippen molar-refractivity contribution in [3.8, 4) is 11.5 Å². The molecule has 7 nitrogen and oxygen atoms in total. The van der Waals surface area contributed by atoms with Crippen molar-refractivity contribution in [2.24, 2.45) is 0 Å². The van der Waals surface area contributed by atoms with Gasteiger partial charge < -0.3 is 4.52 Å². The van der Waals surface area contributed by atoms with Crippen LogP contribution in [0.4, 0.5) is 0 Å². The summed E-state index contributed by atoms with van der Waals surface area (Å²) in [6.07, 6.45) is 1.67. The summed E-state index contributed by atoms with van der Waals surface area (Å²) in [5.41, 5.74) is 1.72. The lowest BCUT2D eigenvalue weighted by Gasteiger charge is -2.01. The molecule has 4 rings (SSSR count). The van der Waals surface area contributed by atoms with Crippen LogP contribution in [0.1, 0.15) is 5.76 Å². The van der Waals surface area contributed by atoms with E-state index in [9.17, 15) is 0 Å². The molecule has 0 spiro atoms. The fourth-order valence-corrected chi connectivity index (χ4v) is 2.27. The normalized spacial score (nSPS) is 11.5. The van der Waals surface area contributed by atoms with Gasteiger partial charge in [0.25, 0.3) is 0 Å². The number of hydrogen-bond donors (Lipinski definition) is 0. The van der Waals surface area contributed by atoms with Crippen molar-refractivity contribution in [1.29, 1.82) is 0 Å². The summed E-state index contributed by atoms with van der Waals surface area (Å²) in [6, 6.07) is 5.39. The number of halogens is 1. The van der Waals surface area contributed by atoms with E-state index in [0.29, 0.717) is 33.6 Å². The Bertz CT molecular complexity index is 944. The molecule has 4 aromatic heterocycles. The molecular formula is C12H7ClN6O. The molecule has 0 unspecified atom stereocenters. The van der Waals surface area contributed by atoms with Gasteiger partial charge in [-0.3, -0.25) is 4.98 Å². The van der Waals surface area contributed by atoms with E-state index in [0.717, 1.165) is 5.39 Å². The van der Waals surface area contributed by atoms with Gasteiger partial charge in [-0.1, -0.05) is 16.8 Å². The van der Waals surface area contributed by atoms with Crippen molar-refractivity contribution in [3.63, 3.8) is 0 Å². The minimum atomic E-state index is 0.335. The van der Waals surface area contributed by atoms with Gasteiger partial charge in [-0.05, 0) is 19.1 Å². The molecule has 0 radical (unpaired) electrons. The van der Waals surface area contributed by atoms with Crippen LogP contribution >= 0.6 is 11.6 Å². The molecule has 4 aromatic rings. The molecule has 0 atom stereocenters. The third-order valence-electron chi connectivity index (χ3n) is 2.93. The highest BCUT2D eigenvalue weighted by Gasteiger charge is 2.17. The maximum absolute atomic E-state index is 6.19. The molecule has 0 aliphatic rings. The monoisotopic (exact) mass is 286 g/mol. The fourth-order valence-electron chi connectivity index (χ4n) is 2.05. The molecule has 0 aliphatic carbocycles. The Morgan fingerprint density at radius 3 is 3.00 bits per heavy atom. The summed E-state index contributed by atoms with van der Waals surface area (Å²) >= 11 is 6.19. The van der Waals surface area contributed by atoms with E-state index in [1.54, 1.807) is 25.3 Å². The Labute approximate surface area is 117 Å². The Hall–Kier alpha value is -2.54. The van der Waals surface area contributed by atoms with E-state index >= 15 is 0 Å². The van der Waals surface area contributed by atoms with Gasteiger partial charge in [-0.15, -0.1) is 10.2 Å². The molecule has 0 aliphatic heterocycles. The third kappa shape index (κ3) is 1.50. The summed E-state index contributed by atoms with van der Waals surface area (Å²) in [4.78, 5) is 4.29. The molecule has 4 heterocycles. The second kappa shape index (κ2) is 3.97. The topological polar surface area (TPSA) is 82.0 Å². The van der Waals surface area contributed by atoms with Crippen molar-refractivity contribution in [2.45, 2.75) is 6.92 Å². The minimum Gasteiger partial charge on any atom is -0.361 e. The number of rotatable bonds is 1. The summed E-state index contributed by atoms with van der Waals surface area (Å²) < 4.78 is 6.57. The standard InChI is InChI=1S/C12H7ClN6O/c1-6-5-8(18-20-6)11-15-16-12-9-7(3-2-4-14-9)10(13)17-19(11)12/h2-5H,1H3. The van der Waals surface area contributed by atoms with Crippen LogP contribution in [0.3, 0.4) is 0 Å².